The Morgan fingerprint density at radius 1 is 1.11 bits per heavy atom. The zero-order valence-corrected chi connectivity index (χ0v) is 15.3. The lowest BCUT2D eigenvalue weighted by Crippen LogP contribution is -2.32. The molecule has 28 heavy (non-hydrogen) atoms. The van der Waals surface area contributed by atoms with Crippen LogP contribution < -0.4 is 18.9 Å². The van der Waals surface area contributed by atoms with Gasteiger partial charge in [-0.25, -0.2) is 4.98 Å². The fraction of sp³-hybridized carbons (Fsp3) is 0.238. The van der Waals surface area contributed by atoms with Gasteiger partial charge in [-0.3, -0.25) is 4.79 Å². The first-order valence-corrected chi connectivity index (χ1v) is 8.97. The first-order chi connectivity index (χ1) is 13.7. The summed E-state index contributed by atoms with van der Waals surface area (Å²) in [6, 6.07) is 13.4. The molecule has 0 saturated carbocycles. The average Bonchev–Trinajstić information content (AvgIpc) is 3.11. The number of benzene rings is 2. The van der Waals surface area contributed by atoms with Crippen molar-refractivity contribution in [1.82, 2.24) is 9.88 Å². The van der Waals surface area contributed by atoms with Gasteiger partial charge in [0.1, 0.15) is 5.75 Å². The molecular weight excluding hydrogens is 360 g/mol. The lowest BCUT2D eigenvalue weighted by Gasteiger charge is -2.21. The minimum atomic E-state index is -0.0953. The van der Waals surface area contributed by atoms with Crippen LogP contribution in [-0.2, 0) is 17.9 Å². The van der Waals surface area contributed by atoms with E-state index >= 15 is 0 Å². The predicted octanol–water partition coefficient (Wildman–Crippen LogP) is 2.89. The smallest absolute Gasteiger partial charge is 0.261 e. The van der Waals surface area contributed by atoms with Crippen LogP contribution in [-0.4, -0.2) is 36.3 Å². The number of methoxy groups -OCH3 is 1. The molecule has 0 N–H and O–H groups in total. The van der Waals surface area contributed by atoms with Gasteiger partial charge in [0.15, 0.2) is 18.1 Å². The molecule has 7 heteroatoms. The summed E-state index contributed by atoms with van der Waals surface area (Å²) in [5.74, 6) is 2.50. The molecule has 2 aliphatic heterocycles. The summed E-state index contributed by atoms with van der Waals surface area (Å²) in [6.45, 7) is 1.00. The summed E-state index contributed by atoms with van der Waals surface area (Å²) in [7, 11) is 1.63. The Morgan fingerprint density at radius 2 is 1.93 bits per heavy atom. The second-order valence-electron chi connectivity index (χ2n) is 6.70. The molecule has 0 fully saturated rings. The fourth-order valence-electron chi connectivity index (χ4n) is 3.53. The molecule has 5 rings (SSSR count). The number of amides is 1. The third-order valence-corrected chi connectivity index (χ3v) is 4.95. The van der Waals surface area contributed by atoms with E-state index in [4.69, 9.17) is 18.9 Å². The summed E-state index contributed by atoms with van der Waals surface area (Å²) in [5, 5.41) is 0.915. The molecule has 1 aromatic heterocycles. The van der Waals surface area contributed by atoms with Crippen molar-refractivity contribution in [3.63, 3.8) is 0 Å². The van der Waals surface area contributed by atoms with Crippen LogP contribution in [0.5, 0.6) is 23.1 Å². The van der Waals surface area contributed by atoms with Gasteiger partial charge in [0.05, 0.1) is 19.2 Å². The molecule has 3 heterocycles. The van der Waals surface area contributed by atoms with E-state index in [-0.39, 0.29) is 19.3 Å². The third-order valence-electron chi connectivity index (χ3n) is 4.95. The average molecular weight is 378 g/mol. The van der Waals surface area contributed by atoms with Crippen LogP contribution in [0.4, 0.5) is 0 Å². The topological polar surface area (TPSA) is 70.1 Å². The number of hydrogen-bond acceptors (Lipinski definition) is 6. The number of carbonyl (C=O) groups excluding carboxylic acids is 1. The Kier molecular flexibility index (Phi) is 3.93. The number of nitrogens with zero attached hydrogens (tertiary/aromatic N) is 2. The van der Waals surface area contributed by atoms with Crippen LogP contribution in [0.2, 0.25) is 0 Å². The van der Waals surface area contributed by atoms with E-state index in [2.05, 4.69) is 4.98 Å². The lowest BCUT2D eigenvalue weighted by atomic mass is 10.1. The number of ether oxygens (including phenoxy) is 4. The van der Waals surface area contributed by atoms with E-state index in [1.165, 1.54) is 0 Å². The van der Waals surface area contributed by atoms with Gasteiger partial charge in [-0.15, -0.1) is 0 Å². The van der Waals surface area contributed by atoms with Crippen LogP contribution >= 0.6 is 0 Å². The number of aromatic nitrogens is 1. The highest BCUT2D eigenvalue weighted by molar-refractivity contribution is 5.85. The number of fused-ring (bicyclic) bond motifs is 3. The highest BCUT2D eigenvalue weighted by Crippen LogP contribution is 2.37. The second kappa shape index (κ2) is 6.60. The summed E-state index contributed by atoms with van der Waals surface area (Å²) < 4.78 is 22.0. The van der Waals surface area contributed by atoms with E-state index in [9.17, 15) is 4.79 Å². The van der Waals surface area contributed by atoms with E-state index in [1.807, 2.05) is 42.5 Å². The van der Waals surface area contributed by atoms with Crippen LogP contribution in [0, 0.1) is 0 Å². The SMILES string of the molecule is COc1ccccc1CN1Cc2cc3cc4c(cc3nc2OCC1=O)OCO4. The Balaban J connectivity index is 1.50. The van der Waals surface area contributed by atoms with Crippen LogP contribution in [0.15, 0.2) is 42.5 Å². The van der Waals surface area contributed by atoms with Gasteiger partial charge in [-0.05, 0) is 18.2 Å². The van der Waals surface area contributed by atoms with Crippen molar-refractivity contribution in [2.24, 2.45) is 0 Å². The number of rotatable bonds is 3. The first-order valence-electron chi connectivity index (χ1n) is 8.97. The number of para-hydroxylation sites is 1. The molecule has 0 aliphatic carbocycles. The van der Waals surface area contributed by atoms with Crippen molar-refractivity contribution in [3.05, 3.63) is 53.6 Å². The number of carbonyl (C=O) groups is 1. The van der Waals surface area contributed by atoms with Crippen molar-refractivity contribution in [2.45, 2.75) is 13.1 Å². The Bertz CT molecular complexity index is 1080. The summed E-state index contributed by atoms with van der Waals surface area (Å²) >= 11 is 0. The molecule has 2 aromatic carbocycles. The Hall–Kier alpha value is -3.48. The monoisotopic (exact) mass is 378 g/mol. The Labute approximate surface area is 161 Å². The van der Waals surface area contributed by atoms with Gasteiger partial charge in [-0.2, -0.15) is 0 Å². The van der Waals surface area contributed by atoms with Gasteiger partial charge in [0, 0.05) is 29.1 Å². The van der Waals surface area contributed by atoms with Crippen molar-refractivity contribution in [3.8, 4) is 23.1 Å². The van der Waals surface area contributed by atoms with E-state index in [1.54, 1.807) is 12.0 Å². The van der Waals surface area contributed by atoms with Crippen molar-refractivity contribution in [2.75, 3.05) is 20.5 Å². The van der Waals surface area contributed by atoms with Gasteiger partial charge in [-0.1, -0.05) is 18.2 Å². The maximum atomic E-state index is 12.6. The molecule has 3 aromatic rings. The van der Waals surface area contributed by atoms with Gasteiger partial charge >= 0.3 is 0 Å². The van der Waals surface area contributed by atoms with Crippen molar-refractivity contribution < 1.29 is 23.7 Å². The Morgan fingerprint density at radius 3 is 2.79 bits per heavy atom. The quantitative estimate of drug-likeness (QED) is 0.698. The molecule has 0 bridgehead atoms. The maximum absolute atomic E-state index is 12.6. The molecule has 0 saturated heterocycles. The molecule has 0 spiro atoms. The normalized spacial score (nSPS) is 15.2. The zero-order chi connectivity index (χ0) is 19.1. The zero-order valence-electron chi connectivity index (χ0n) is 15.3. The molecule has 142 valence electrons. The third kappa shape index (κ3) is 2.85. The van der Waals surface area contributed by atoms with Crippen molar-refractivity contribution in [1.29, 1.82) is 0 Å². The molecule has 0 atom stereocenters. The largest absolute Gasteiger partial charge is 0.496 e. The molecule has 0 unspecified atom stereocenters. The molecular formula is C21H18N2O5. The van der Waals surface area contributed by atoms with Gasteiger partial charge < -0.3 is 23.8 Å². The second-order valence-corrected chi connectivity index (χ2v) is 6.70. The molecule has 0 radical (unpaired) electrons. The highest BCUT2D eigenvalue weighted by Gasteiger charge is 2.25. The fourth-order valence-corrected chi connectivity index (χ4v) is 3.53. The molecule has 1 amide bonds. The summed E-state index contributed by atoms with van der Waals surface area (Å²) in [6.07, 6.45) is 0. The van der Waals surface area contributed by atoms with Gasteiger partial charge in [0.2, 0.25) is 12.7 Å². The molecule has 7 nitrogen and oxygen atoms in total. The summed E-state index contributed by atoms with van der Waals surface area (Å²) in [4.78, 5) is 19.0. The first kappa shape index (κ1) is 16.7. The van der Waals surface area contributed by atoms with E-state index in [0.29, 0.717) is 30.5 Å². The summed E-state index contributed by atoms with van der Waals surface area (Å²) in [5.41, 5.74) is 2.54. The number of hydrogen-bond donors (Lipinski definition) is 0. The van der Waals surface area contributed by atoms with Crippen LogP contribution in [0.3, 0.4) is 0 Å². The highest BCUT2D eigenvalue weighted by atomic mass is 16.7. The maximum Gasteiger partial charge on any atom is 0.261 e. The van der Waals surface area contributed by atoms with Crippen LogP contribution in [0.1, 0.15) is 11.1 Å². The number of pyridine rings is 1. The lowest BCUT2D eigenvalue weighted by molar-refractivity contribution is -0.133. The minimum absolute atomic E-state index is 0.0504. The van der Waals surface area contributed by atoms with E-state index in [0.717, 1.165) is 27.8 Å². The minimum Gasteiger partial charge on any atom is -0.496 e. The predicted molar refractivity (Wildman–Crippen MR) is 101 cm³/mol. The van der Waals surface area contributed by atoms with Crippen molar-refractivity contribution >= 4 is 16.8 Å². The standard InChI is InChI=1S/C21H18N2O5/c1-25-17-5-3-2-4-13(17)9-23-10-15-6-14-7-18-19(28-12-27-18)8-16(14)22-21(15)26-11-20(23)24/h2-8H,9-12H2,1H3. The van der Waals surface area contributed by atoms with Crippen LogP contribution in [0.25, 0.3) is 10.9 Å². The van der Waals surface area contributed by atoms with E-state index < -0.39 is 0 Å². The van der Waals surface area contributed by atoms with Gasteiger partial charge in [0.25, 0.3) is 5.91 Å². The molecule has 2 aliphatic rings.